The van der Waals surface area contributed by atoms with Crippen molar-refractivity contribution in [3.63, 3.8) is 0 Å². The molecule has 2 aromatic heterocycles. The quantitative estimate of drug-likeness (QED) is 0.214. The predicted octanol–water partition coefficient (Wildman–Crippen LogP) is 5.11. The van der Waals surface area contributed by atoms with Crippen molar-refractivity contribution in [2.75, 3.05) is 13.2 Å². The summed E-state index contributed by atoms with van der Waals surface area (Å²) >= 11 is 0. The highest BCUT2D eigenvalue weighted by molar-refractivity contribution is 5.96. The van der Waals surface area contributed by atoms with E-state index in [4.69, 9.17) is 15.2 Å². The SMILES string of the molecule is Cc1cc(-c2cc(C(=O)NC[C@](O)(c3cc4c(c(-c5ccc(F)cc5)n3)OC[C@]4(C)C(N)=O)C(F)(F)F)ccc2OC2CC2)ccn1. The second-order valence-corrected chi connectivity index (χ2v) is 12.0. The number of aryl methyl sites for hydroxylation is 1. The van der Waals surface area contributed by atoms with Crippen molar-refractivity contribution < 1.29 is 41.7 Å². The van der Waals surface area contributed by atoms with Gasteiger partial charge in [0.1, 0.15) is 35.0 Å². The molecule has 13 heteroatoms. The molecule has 3 heterocycles. The van der Waals surface area contributed by atoms with E-state index in [-0.39, 0.29) is 40.8 Å². The maximum absolute atomic E-state index is 14.8. The number of fused-ring (bicyclic) bond motifs is 1. The Morgan fingerprint density at radius 1 is 1.09 bits per heavy atom. The first-order valence-corrected chi connectivity index (χ1v) is 14.8. The summed E-state index contributed by atoms with van der Waals surface area (Å²) < 4.78 is 69.8. The van der Waals surface area contributed by atoms with E-state index in [2.05, 4.69) is 15.3 Å². The minimum atomic E-state index is -5.36. The average Bonchev–Trinajstić information content (AvgIpc) is 3.79. The Hall–Kier alpha value is -5.04. The lowest BCUT2D eigenvalue weighted by molar-refractivity contribution is -0.265. The van der Waals surface area contributed by atoms with E-state index in [0.29, 0.717) is 22.6 Å². The summed E-state index contributed by atoms with van der Waals surface area (Å²) in [7, 11) is 0. The second-order valence-electron chi connectivity index (χ2n) is 12.0. The molecule has 244 valence electrons. The molecule has 1 aliphatic heterocycles. The standard InChI is InChI=1S/C34H30F4N4O5/c1-18-13-20(11-12-40-18)24-14-21(5-10-26(24)47-23-8-9-23)30(43)41-16-33(45,34(36,37)38)27-15-25-29(46-17-32(25,2)31(39)44)28(42-27)19-3-6-22(35)7-4-19/h3-7,10-15,23,45H,8-9,16-17H2,1-2H3,(H2,39,44)(H,41,43)/t32-,33-/m0/s1. The van der Waals surface area contributed by atoms with Gasteiger partial charge in [-0.2, -0.15) is 13.2 Å². The third kappa shape index (κ3) is 5.98. The molecule has 47 heavy (non-hydrogen) atoms. The summed E-state index contributed by atoms with van der Waals surface area (Å²) in [6.45, 7) is 1.57. The van der Waals surface area contributed by atoms with Crippen LogP contribution in [-0.2, 0) is 15.8 Å². The molecule has 0 radical (unpaired) electrons. The summed E-state index contributed by atoms with van der Waals surface area (Å²) in [6, 6.07) is 13.7. The van der Waals surface area contributed by atoms with Gasteiger partial charge in [0.25, 0.3) is 5.91 Å². The van der Waals surface area contributed by atoms with Crippen LogP contribution < -0.4 is 20.5 Å². The van der Waals surface area contributed by atoms with Crippen molar-refractivity contribution in [1.82, 2.24) is 15.3 Å². The topological polar surface area (TPSA) is 137 Å². The first-order chi connectivity index (χ1) is 22.2. The lowest BCUT2D eigenvalue weighted by Crippen LogP contribution is -2.51. The van der Waals surface area contributed by atoms with E-state index in [1.165, 1.54) is 31.2 Å². The number of primary amides is 1. The summed E-state index contributed by atoms with van der Waals surface area (Å²) in [6.07, 6.45) is -1.94. The number of carbonyl (C=O) groups is 2. The predicted molar refractivity (Wildman–Crippen MR) is 162 cm³/mol. The summed E-state index contributed by atoms with van der Waals surface area (Å²) in [4.78, 5) is 34.1. The first-order valence-electron chi connectivity index (χ1n) is 14.8. The molecule has 0 saturated heterocycles. The zero-order valence-corrected chi connectivity index (χ0v) is 25.3. The highest BCUT2D eigenvalue weighted by atomic mass is 19.4. The van der Waals surface area contributed by atoms with Crippen molar-refractivity contribution in [2.24, 2.45) is 5.73 Å². The average molecular weight is 651 g/mol. The number of aliphatic hydroxyl groups is 1. The number of nitrogens with zero attached hydrogens (tertiary/aromatic N) is 2. The molecule has 0 spiro atoms. The van der Waals surface area contributed by atoms with Crippen LogP contribution in [0.15, 0.2) is 66.9 Å². The van der Waals surface area contributed by atoms with Crippen molar-refractivity contribution >= 4 is 11.8 Å². The van der Waals surface area contributed by atoms with Crippen LogP contribution in [0.4, 0.5) is 17.6 Å². The number of amides is 2. The lowest BCUT2D eigenvalue weighted by Gasteiger charge is -2.31. The van der Waals surface area contributed by atoms with Gasteiger partial charge in [-0.1, -0.05) is 0 Å². The van der Waals surface area contributed by atoms with Crippen molar-refractivity contribution in [1.29, 1.82) is 0 Å². The number of pyridine rings is 2. The van der Waals surface area contributed by atoms with Gasteiger partial charge in [-0.05, 0) is 92.9 Å². The Bertz CT molecular complexity index is 1880. The van der Waals surface area contributed by atoms with Gasteiger partial charge in [-0.25, -0.2) is 9.37 Å². The fraction of sp³-hybridized carbons (Fsp3) is 0.294. The van der Waals surface area contributed by atoms with Crippen LogP contribution in [0.3, 0.4) is 0 Å². The molecule has 1 saturated carbocycles. The maximum atomic E-state index is 14.8. The third-order valence-corrected chi connectivity index (χ3v) is 8.40. The number of hydrogen-bond acceptors (Lipinski definition) is 7. The molecule has 2 aliphatic rings. The number of nitrogens with two attached hydrogens (primary N) is 1. The Labute approximate surface area is 266 Å². The molecule has 0 unspecified atom stereocenters. The Morgan fingerprint density at radius 3 is 2.45 bits per heavy atom. The van der Waals surface area contributed by atoms with E-state index in [0.717, 1.165) is 31.0 Å². The van der Waals surface area contributed by atoms with E-state index in [1.54, 1.807) is 31.3 Å². The van der Waals surface area contributed by atoms with Gasteiger partial charge in [0.15, 0.2) is 0 Å². The smallest absolute Gasteiger partial charge is 0.424 e. The van der Waals surface area contributed by atoms with Crippen molar-refractivity contribution in [3.8, 4) is 33.9 Å². The van der Waals surface area contributed by atoms with Crippen LogP contribution in [0.1, 0.15) is 47.1 Å². The molecule has 4 N–H and O–H groups in total. The Kier molecular flexibility index (Phi) is 7.91. The second kappa shape index (κ2) is 11.6. The number of carbonyl (C=O) groups excluding carboxylic acids is 2. The molecule has 0 bridgehead atoms. The van der Waals surface area contributed by atoms with Crippen LogP contribution in [0.5, 0.6) is 11.5 Å². The molecule has 6 rings (SSSR count). The Balaban J connectivity index is 1.38. The van der Waals surface area contributed by atoms with Gasteiger partial charge in [-0.3, -0.25) is 14.6 Å². The Morgan fingerprint density at radius 2 is 1.81 bits per heavy atom. The van der Waals surface area contributed by atoms with Gasteiger partial charge < -0.3 is 25.6 Å². The first kappa shape index (κ1) is 31.9. The van der Waals surface area contributed by atoms with Gasteiger partial charge in [0, 0.05) is 34.1 Å². The highest BCUT2D eigenvalue weighted by Gasteiger charge is 2.57. The minimum Gasteiger partial charge on any atom is -0.490 e. The van der Waals surface area contributed by atoms with Crippen LogP contribution in [-0.4, -0.2) is 52.3 Å². The van der Waals surface area contributed by atoms with Gasteiger partial charge in [-0.15, -0.1) is 0 Å². The fourth-order valence-corrected chi connectivity index (χ4v) is 5.33. The minimum absolute atomic E-state index is 0.0192. The summed E-state index contributed by atoms with van der Waals surface area (Å²) in [5, 5.41) is 13.5. The monoisotopic (exact) mass is 650 g/mol. The molecular formula is C34H30F4N4O5. The van der Waals surface area contributed by atoms with Crippen LogP contribution in [0.25, 0.3) is 22.4 Å². The summed E-state index contributed by atoms with van der Waals surface area (Å²) in [5.74, 6) is -1.90. The molecule has 4 aromatic rings. The number of rotatable bonds is 9. The largest absolute Gasteiger partial charge is 0.490 e. The van der Waals surface area contributed by atoms with E-state index in [9.17, 15) is 32.3 Å². The van der Waals surface area contributed by atoms with Gasteiger partial charge >= 0.3 is 6.18 Å². The number of hydrogen-bond donors (Lipinski definition) is 3. The molecule has 2 aromatic carbocycles. The molecule has 2 amide bonds. The molecule has 1 aliphatic carbocycles. The van der Waals surface area contributed by atoms with Crippen LogP contribution in [0.2, 0.25) is 0 Å². The number of alkyl halides is 3. The molecule has 2 atom stereocenters. The zero-order valence-electron chi connectivity index (χ0n) is 25.3. The normalized spacial score (nSPS) is 18.5. The number of benzene rings is 2. The van der Waals surface area contributed by atoms with Gasteiger partial charge in [0.2, 0.25) is 11.5 Å². The zero-order chi connectivity index (χ0) is 33.7. The van der Waals surface area contributed by atoms with Crippen LogP contribution in [0, 0.1) is 12.7 Å². The van der Waals surface area contributed by atoms with E-state index < -0.39 is 47.1 Å². The van der Waals surface area contributed by atoms with E-state index >= 15 is 0 Å². The molecule has 1 fully saturated rings. The maximum Gasteiger partial charge on any atom is 0.424 e. The number of aromatic nitrogens is 2. The molecule has 9 nitrogen and oxygen atoms in total. The van der Waals surface area contributed by atoms with Crippen molar-refractivity contribution in [2.45, 2.75) is 50.0 Å². The van der Waals surface area contributed by atoms with Crippen LogP contribution >= 0.6 is 0 Å². The summed E-state index contributed by atoms with van der Waals surface area (Å²) in [5.41, 5.74) is 1.36. The number of halogens is 4. The highest BCUT2D eigenvalue weighted by Crippen LogP contribution is 2.48. The lowest BCUT2D eigenvalue weighted by atomic mass is 9.81. The number of nitrogens with one attached hydrogen (secondary N) is 1. The third-order valence-electron chi connectivity index (χ3n) is 8.40. The number of ether oxygens (including phenoxy) is 2. The van der Waals surface area contributed by atoms with E-state index in [1.807, 2.05) is 0 Å². The van der Waals surface area contributed by atoms with Gasteiger partial charge in [0.05, 0.1) is 18.3 Å². The van der Waals surface area contributed by atoms with Crippen molar-refractivity contribution in [3.05, 3.63) is 95.2 Å². The molecular weight excluding hydrogens is 620 g/mol. The fourth-order valence-electron chi connectivity index (χ4n) is 5.33.